The minimum Gasteiger partial charge on any atom is -0.463 e. The van der Waals surface area contributed by atoms with Gasteiger partial charge in [0.25, 0.3) is 0 Å². The number of rotatable bonds is 7. The van der Waals surface area contributed by atoms with Crippen LogP contribution in [0, 0.1) is 0 Å². The summed E-state index contributed by atoms with van der Waals surface area (Å²) in [5, 5.41) is 3.20. The largest absolute Gasteiger partial charge is 0.463 e. The van der Waals surface area contributed by atoms with E-state index in [4.69, 9.17) is 10.5 Å². The molecular weight excluding hydrogens is 338 g/mol. The maximum Gasteiger partial charge on any atom is 0.330 e. The Morgan fingerprint density at radius 3 is 2.64 bits per heavy atom. The number of nitrogens with two attached hydrogens (primary N) is 1. The highest BCUT2D eigenvalue weighted by molar-refractivity contribution is 7.16. The smallest absolute Gasteiger partial charge is 0.330 e. The zero-order valence-corrected chi connectivity index (χ0v) is 15.1. The van der Waals surface area contributed by atoms with E-state index in [-0.39, 0.29) is 5.91 Å². The van der Waals surface area contributed by atoms with Gasteiger partial charge in [0.1, 0.15) is 0 Å². The number of nitrogens with zero attached hydrogens (tertiary/aromatic N) is 1. The molecule has 0 saturated heterocycles. The second kappa shape index (κ2) is 8.98. The highest BCUT2D eigenvalue weighted by Gasteiger charge is 2.11. The first-order chi connectivity index (χ1) is 12.0. The van der Waals surface area contributed by atoms with E-state index in [1.165, 1.54) is 24.3 Å². The number of carbonyl (C=O) groups is 2. The third-order valence-electron chi connectivity index (χ3n) is 3.30. The van der Waals surface area contributed by atoms with Crippen molar-refractivity contribution in [1.29, 1.82) is 0 Å². The number of hydrogen-bond acceptors (Lipinski definition) is 6. The van der Waals surface area contributed by atoms with Crippen LogP contribution >= 0.6 is 11.3 Å². The molecule has 2 rings (SSSR count). The number of nitrogen functional groups attached to an aromatic ring is 1. The minimum absolute atomic E-state index is 0.181. The molecule has 2 aromatic rings. The number of carbonyl (C=O) groups excluding carboxylic acids is 2. The van der Waals surface area contributed by atoms with Crippen LogP contribution in [0.15, 0.2) is 30.3 Å². The lowest BCUT2D eigenvalue weighted by molar-refractivity contribution is -0.137. The highest BCUT2D eigenvalue weighted by atomic mass is 32.1. The average Bonchev–Trinajstić information content (AvgIpc) is 2.93. The number of hydrogen-bond donors (Lipinski definition) is 2. The highest BCUT2D eigenvalue weighted by Crippen LogP contribution is 2.26. The summed E-state index contributed by atoms with van der Waals surface area (Å²) >= 11 is 1.33. The predicted octanol–water partition coefficient (Wildman–Crippen LogP) is 3.05. The van der Waals surface area contributed by atoms with Crippen molar-refractivity contribution in [2.75, 3.05) is 17.7 Å². The standard InChI is InChI=1S/C18H21N3O3S/c1-3-24-17(23)11-10-16-15(21-18(25-16)20-12(2)22)9-6-13-4-7-14(19)8-5-13/h4-5,7-8,10-11H,3,6,9,19H2,1-2H3,(H,20,21,22). The Bertz CT molecular complexity index is 766. The third-order valence-corrected chi connectivity index (χ3v) is 4.28. The lowest BCUT2D eigenvalue weighted by Crippen LogP contribution is -2.05. The van der Waals surface area contributed by atoms with Gasteiger partial charge in [-0.05, 0) is 43.5 Å². The van der Waals surface area contributed by atoms with Crippen molar-refractivity contribution in [3.8, 4) is 0 Å². The van der Waals surface area contributed by atoms with Gasteiger partial charge in [0.05, 0.1) is 17.2 Å². The molecule has 1 heterocycles. The van der Waals surface area contributed by atoms with E-state index < -0.39 is 5.97 Å². The van der Waals surface area contributed by atoms with Crippen molar-refractivity contribution < 1.29 is 14.3 Å². The average molecular weight is 359 g/mol. The second-order valence-corrected chi connectivity index (χ2v) is 6.37. The summed E-state index contributed by atoms with van der Waals surface area (Å²) in [6.07, 6.45) is 4.52. The number of aryl methyl sites for hydroxylation is 2. The number of thiazole rings is 1. The Morgan fingerprint density at radius 1 is 1.28 bits per heavy atom. The molecular formula is C18H21N3O3S. The summed E-state index contributed by atoms with van der Waals surface area (Å²) in [7, 11) is 0. The van der Waals surface area contributed by atoms with Gasteiger partial charge in [0.15, 0.2) is 5.13 Å². The van der Waals surface area contributed by atoms with E-state index in [2.05, 4.69) is 10.3 Å². The van der Waals surface area contributed by atoms with Crippen LogP contribution < -0.4 is 11.1 Å². The maximum absolute atomic E-state index is 11.5. The summed E-state index contributed by atoms with van der Waals surface area (Å²) in [5.41, 5.74) is 8.39. The minimum atomic E-state index is -0.401. The normalized spacial score (nSPS) is 10.8. The number of esters is 1. The summed E-state index contributed by atoms with van der Waals surface area (Å²) < 4.78 is 4.89. The molecule has 0 aliphatic heterocycles. The van der Waals surface area contributed by atoms with E-state index in [9.17, 15) is 9.59 Å². The summed E-state index contributed by atoms with van der Waals surface area (Å²) in [6, 6.07) is 7.68. The van der Waals surface area contributed by atoms with Gasteiger partial charge >= 0.3 is 5.97 Å². The molecule has 0 spiro atoms. The molecule has 0 radical (unpaired) electrons. The fraction of sp³-hybridized carbons (Fsp3) is 0.278. The van der Waals surface area contributed by atoms with Crippen molar-refractivity contribution in [1.82, 2.24) is 4.98 Å². The number of benzene rings is 1. The first kappa shape index (κ1) is 18.7. The second-order valence-electron chi connectivity index (χ2n) is 5.34. The Kier molecular flexibility index (Phi) is 6.71. The Hall–Kier alpha value is -2.67. The van der Waals surface area contributed by atoms with Crippen LogP contribution in [0.25, 0.3) is 6.08 Å². The van der Waals surface area contributed by atoms with Gasteiger partial charge in [-0.1, -0.05) is 23.5 Å². The van der Waals surface area contributed by atoms with Crippen LogP contribution in [0.3, 0.4) is 0 Å². The number of anilines is 2. The van der Waals surface area contributed by atoms with Gasteiger partial charge < -0.3 is 15.8 Å². The lowest BCUT2D eigenvalue weighted by Gasteiger charge is -2.01. The number of nitrogens with one attached hydrogen (secondary N) is 1. The summed E-state index contributed by atoms with van der Waals surface area (Å²) in [6.45, 7) is 3.52. The lowest BCUT2D eigenvalue weighted by atomic mass is 10.1. The molecule has 1 aromatic carbocycles. The van der Waals surface area contributed by atoms with Gasteiger partial charge in [-0.3, -0.25) is 4.79 Å². The van der Waals surface area contributed by atoms with Crippen molar-refractivity contribution in [2.24, 2.45) is 0 Å². The van der Waals surface area contributed by atoms with E-state index >= 15 is 0 Å². The SMILES string of the molecule is CCOC(=O)C=Cc1sc(NC(C)=O)nc1CCc1ccc(N)cc1. The summed E-state index contributed by atoms with van der Waals surface area (Å²) in [5.74, 6) is -0.582. The molecule has 25 heavy (non-hydrogen) atoms. The fourth-order valence-electron chi connectivity index (χ4n) is 2.16. The van der Waals surface area contributed by atoms with Gasteiger partial charge in [0.2, 0.25) is 5.91 Å². The van der Waals surface area contributed by atoms with E-state index in [0.29, 0.717) is 18.2 Å². The molecule has 0 aliphatic carbocycles. The first-order valence-electron chi connectivity index (χ1n) is 7.94. The molecule has 0 bridgehead atoms. The number of amides is 1. The third kappa shape index (κ3) is 6.04. The van der Waals surface area contributed by atoms with Crippen LogP contribution in [0.5, 0.6) is 0 Å². The molecule has 132 valence electrons. The van der Waals surface area contributed by atoms with Crippen molar-refractivity contribution in [2.45, 2.75) is 26.7 Å². The monoisotopic (exact) mass is 359 g/mol. The molecule has 6 nitrogen and oxygen atoms in total. The molecule has 0 aliphatic rings. The topological polar surface area (TPSA) is 94.3 Å². The van der Waals surface area contributed by atoms with Gasteiger partial charge in [0, 0.05) is 18.7 Å². The van der Waals surface area contributed by atoms with E-state index in [1.54, 1.807) is 13.0 Å². The van der Waals surface area contributed by atoms with E-state index in [1.807, 2.05) is 24.3 Å². The molecule has 1 amide bonds. The number of aromatic nitrogens is 1. The molecule has 0 unspecified atom stereocenters. The van der Waals surface area contributed by atoms with Gasteiger partial charge in [-0.15, -0.1) is 0 Å². The fourth-order valence-corrected chi connectivity index (χ4v) is 3.12. The Labute approximate surface area is 150 Å². The van der Waals surface area contributed by atoms with Crippen molar-refractivity contribution in [3.05, 3.63) is 46.5 Å². The zero-order chi connectivity index (χ0) is 18.2. The quantitative estimate of drug-likeness (QED) is 0.450. The van der Waals surface area contributed by atoms with Crippen LogP contribution in [0.1, 0.15) is 30.0 Å². The van der Waals surface area contributed by atoms with Crippen LogP contribution in [-0.2, 0) is 27.2 Å². The zero-order valence-electron chi connectivity index (χ0n) is 14.2. The first-order valence-corrected chi connectivity index (χ1v) is 8.76. The van der Waals surface area contributed by atoms with Crippen LogP contribution in [0.4, 0.5) is 10.8 Å². The van der Waals surface area contributed by atoms with Gasteiger partial charge in [-0.25, -0.2) is 9.78 Å². The van der Waals surface area contributed by atoms with Gasteiger partial charge in [-0.2, -0.15) is 0 Å². The molecule has 7 heteroatoms. The molecule has 1 aromatic heterocycles. The predicted molar refractivity (Wildman–Crippen MR) is 100 cm³/mol. The number of ether oxygens (including phenoxy) is 1. The van der Waals surface area contributed by atoms with E-state index in [0.717, 1.165) is 28.2 Å². The van der Waals surface area contributed by atoms with Crippen molar-refractivity contribution >= 4 is 40.1 Å². The van der Waals surface area contributed by atoms with Crippen LogP contribution in [-0.4, -0.2) is 23.5 Å². The van der Waals surface area contributed by atoms with Crippen molar-refractivity contribution in [3.63, 3.8) is 0 Å². The Morgan fingerprint density at radius 2 is 2.00 bits per heavy atom. The molecule has 0 saturated carbocycles. The molecule has 3 N–H and O–H groups in total. The Balaban J connectivity index is 2.15. The molecule has 0 fully saturated rings. The maximum atomic E-state index is 11.5. The summed E-state index contributed by atoms with van der Waals surface area (Å²) in [4.78, 5) is 28.1. The molecule has 0 atom stereocenters. The van der Waals surface area contributed by atoms with Crippen LogP contribution in [0.2, 0.25) is 0 Å².